The van der Waals surface area contributed by atoms with Crippen LogP contribution in [0, 0.1) is 5.41 Å². The van der Waals surface area contributed by atoms with Crippen molar-refractivity contribution in [2.75, 3.05) is 26.2 Å². The summed E-state index contributed by atoms with van der Waals surface area (Å²) < 4.78 is 5.29. The number of piperidine rings is 2. The van der Waals surface area contributed by atoms with Gasteiger partial charge in [-0.3, -0.25) is 4.79 Å². The van der Waals surface area contributed by atoms with Crippen LogP contribution in [0.2, 0.25) is 5.02 Å². The van der Waals surface area contributed by atoms with Gasteiger partial charge in [0.1, 0.15) is 11.1 Å². The number of hydrogen-bond acceptors (Lipinski definition) is 5. The molecule has 3 heterocycles. The van der Waals surface area contributed by atoms with Crippen molar-refractivity contribution in [1.82, 2.24) is 10.2 Å². The Kier molecular flexibility index (Phi) is 4.50. The molecule has 0 spiro atoms. The number of halogens is 1. The van der Waals surface area contributed by atoms with Crippen LogP contribution in [-0.2, 0) is 0 Å². The minimum absolute atomic E-state index is 0.0204. The summed E-state index contributed by atoms with van der Waals surface area (Å²) in [5.74, 6) is -0.334. The van der Waals surface area contributed by atoms with E-state index >= 15 is 0 Å². The van der Waals surface area contributed by atoms with Gasteiger partial charge < -0.3 is 19.7 Å². The molecule has 0 saturated carbocycles. The fourth-order valence-electron chi connectivity index (χ4n) is 4.20. The van der Waals surface area contributed by atoms with Gasteiger partial charge in [0.2, 0.25) is 0 Å². The lowest BCUT2D eigenvalue weighted by atomic mass is 9.70. The molecule has 0 unspecified atom stereocenters. The Morgan fingerprint density at radius 3 is 3.04 bits per heavy atom. The summed E-state index contributed by atoms with van der Waals surface area (Å²) in [4.78, 5) is 26.9. The fourth-order valence-corrected chi connectivity index (χ4v) is 4.38. The van der Waals surface area contributed by atoms with Crippen LogP contribution in [0.25, 0.3) is 11.0 Å². The summed E-state index contributed by atoms with van der Waals surface area (Å²) in [6, 6.07) is 6.53. The molecule has 0 aliphatic carbocycles. The molecule has 2 aliphatic heterocycles. The number of rotatable bonds is 2. The van der Waals surface area contributed by atoms with Crippen molar-refractivity contribution in [3.63, 3.8) is 0 Å². The quantitative estimate of drug-likeness (QED) is 0.783. The summed E-state index contributed by atoms with van der Waals surface area (Å²) in [5.41, 5.74) is -0.383. The Morgan fingerprint density at radius 1 is 1.38 bits per heavy atom. The third-order valence-electron chi connectivity index (χ3n) is 5.79. The molecule has 1 amide bonds. The topological polar surface area (TPSA) is 82.8 Å². The number of likely N-dealkylation sites (tertiary alicyclic amines) is 1. The van der Waals surface area contributed by atoms with Crippen molar-refractivity contribution in [1.29, 1.82) is 0 Å². The number of aliphatic hydroxyl groups excluding tert-OH is 1. The van der Waals surface area contributed by atoms with E-state index in [4.69, 9.17) is 16.0 Å². The number of aliphatic hydroxyl groups is 1. The van der Waals surface area contributed by atoms with Gasteiger partial charge >= 0.3 is 5.63 Å². The predicted molar refractivity (Wildman–Crippen MR) is 98.6 cm³/mol. The number of amides is 1. The lowest BCUT2D eigenvalue weighted by Crippen LogP contribution is -2.62. The molecule has 2 N–H and O–H groups in total. The first-order valence-corrected chi connectivity index (χ1v) is 9.27. The number of carbonyl (C=O) groups excluding carboxylic acids is 1. The van der Waals surface area contributed by atoms with Crippen molar-refractivity contribution < 1.29 is 14.3 Å². The van der Waals surface area contributed by atoms with Gasteiger partial charge in [-0.25, -0.2) is 4.79 Å². The largest absolute Gasteiger partial charge is 0.422 e. The second-order valence-corrected chi connectivity index (χ2v) is 7.70. The molecule has 2 atom stereocenters. The van der Waals surface area contributed by atoms with E-state index in [1.54, 1.807) is 29.2 Å². The Morgan fingerprint density at radius 2 is 2.23 bits per heavy atom. The highest BCUT2D eigenvalue weighted by molar-refractivity contribution is 6.31. The molecule has 138 valence electrons. The zero-order valence-electron chi connectivity index (χ0n) is 14.3. The number of benzene rings is 1. The first-order chi connectivity index (χ1) is 12.5. The average Bonchev–Trinajstić information content (AvgIpc) is 2.66. The van der Waals surface area contributed by atoms with Crippen LogP contribution < -0.4 is 10.9 Å². The Labute approximate surface area is 155 Å². The van der Waals surface area contributed by atoms with Gasteiger partial charge in [0.25, 0.3) is 5.91 Å². The molecule has 2 aromatic rings. The highest BCUT2D eigenvalue weighted by Crippen LogP contribution is 2.38. The normalized spacial score (nSPS) is 25.9. The zero-order valence-corrected chi connectivity index (χ0v) is 15.1. The van der Waals surface area contributed by atoms with Gasteiger partial charge in [-0.1, -0.05) is 11.6 Å². The Hall–Kier alpha value is -1.89. The van der Waals surface area contributed by atoms with E-state index in [0.717, 1.165) is 25.8 Å². The van der Waals surface area contributed by atoms with Gasteiger partial charge in [-0.2, -0.15) is 0 Å². The van der Waals surface area contributed by atoms with Crippen LogP contribution >= 0.6 is 11.6 Å². The van der Waals surface area contributed by atoms with E-state index < -0.39 is 5.63 Å². The van der Waals surface area contributed by atoms with Crippen molar-refractivity contribution in [3.05, 3.63) is 45.3 Å². The molecule has 26 heavy (non-hydrogen) atoms. The lowest BCUT2D eigenvalue weighted by molar-refractivity contribution is -0.00893. The number of nitrogens with zero attached hydrogens (tertiary/aromatic N) is 1. The molecule has 2 aliphatic rings. The van der Waals surface area contributed by atoms with Crippen LogP contribution in [-0.4, -0.2) is 48.2 Å². The molecule has 2 saturated heterocycles. The Balaban J connectivity index is 1.63. The molecular formula is C19H21ClN2O4. The van der Waals surface area contributed by atoms with E-state index in [1.807, 2.05) is 0 Å². The van der Waals surface area contributed by atoms with Gasteiger partial charge in [0.05, 0.1) is 6.61 Å². The van der Waals surface area contributed by atoms with Crippen LogP contribution in [0.5, 0.6) is 0 Å². The molecule has 0 radical (unpaired) electrons. The van der Waals surface area contributed by atoms with Gasteiger partial charge in [-0.15, -0.1) is 0 Å². The smallest absolute Gasteiger partial charge is 0.349 e. The monoisotopic (exact) mass is 376 g/mol. The molecular weight excluding hydrogens is 356 g/mol. The zero-order chi connectivity index (χ0) is 18.3. The maximum Gasteiger partial charge on any atom is 0.349 e. The van der Waals surface area contributed by atoms with Crippen LogP contribution in [0.3, 0.4) is 0 Å². The number of hydrogen-bond donors (Lipinski definition) is 2. The van der Waals surface area contributed by atoms with Crippen LogP contribution in [0.1, 0.15) is 29.6 Å². The van der Waals surface area contributed by atoms with Crippen molar-refractivity contribution >= 4 is 28.5 Å². The standard InChI is InChI=1S/C19H21ClN2O4/c20-13-2-3-15-12(8-13)9-14(18(25)26-15)17(24)22-7-5-19(11-23)4-1-6-21-16(19)10-22/h2-3,8-9,16,21,23H,1,4-7,10-11H2/t16-,19-/m1/s1. The molecule has 1 aromatic carbocycles. The maximum absolute atomic E-state index is 13.0. The molecule has 2 fully saturated rings. The second kappa shape index (κ2) is 6.68. The van der Waals surface area contributed by atoms with Gasteiger partial charge in [0.15, 0.2) is 0 Å². The third kappa shape index (κ3) is 2.92. The fraction of sp³-hybridized carbons (Fsp3) is 0.474. The maximum atomic E-state index is 13.0. The van der Waals surface area contributed by atoms with Crippen molar-refractivity contribution in [2.45, 2.75) is 25.3 Å². The summed E-state index contributed by atoms with van der Waals surface area (Å²) in [6.45, 7) is 1.99. The Bertz CT molecular complexity index is 912. The summed E-state index contributed by atoms with van der Waals surface area (Å²) in [7, 11) is 0. The summed E-state index contributed by atoms with van der Waals surface area (Å²) in [6.07, 6.45) is 2.71. The van der Waals surface area contributed by atoms with Gasteiger partial charge in [-0.05, 0) is 50.1 Å². The number of nitrogens with one attached hydrogen (secondary N) is 1. The molecule has 6 nitrogen and oxygen atoms in total. The highest BCUT2D eigenvalue weighted by atomic mass is 35.5. The van der Waals surface area contributed by atoms with Crippen molar-refractivity contribution in [3.8, 4) is 0 Å². The van der Waals surface area contributed by atoms with Crippen LogP contribution in [0.15, 0.2) is 33.5 Å². The number of fused-ring (bicyclic) bond motifs is 2. The molecule has 0 bridgehead atoms. The third-order valence-corrected chi connectivity index (χ3v) is 6.03. The minimum atomic E-state index is -0.638. The van der Waals surface area contributed by atoms with E-state index in [0.29, 0.717) is 29.1 Å². The summed E-state index contributed by atoms with van der Waals surface area (Å²) in [5, 5.41) is 14.5. The lowest BCUT2D eigenvalue weighted by Gasteiger charge is -2.50. The summed E-state index contributed by atoms with van der Waals surface area (Å²) >= 11 is 6.00. The van der Waals surface area contributed by atoms with E-state index in [2.05, 4.69) is 5.32 Å². The van der Waals surface area contributed by atoms with E-state index in [-0.39, 0.29) is 29.5 Å². The van der Waals surface area contributed by atoms with Crippen molar-refractivity contribution in [2.24, 2.45) is 5.41 Å². The average molecular weight is 377 g/mol. The first-order valence-electron chi connectivity index (χ1n) is 8.89. The second-order valence-electron chi connectivity index (χ2n) is 7.26. The van der Waals surface area contributed by atoms with E-state index in [9.17, 15) is 14.7 Å². The first kappa shape index (κ1) is 17.5. The van der Waals surface area contributed by atoms with Gasteiger partial charge in [0, 0.05) is 35.0 Å². The molecule has 4 rings (SSSR count). The number of carbonyl (C=O) groups is 1. The predicted octanol–water partition coefficient (Wildman–Crippen LogP) is 2.02. The minimum Gasteiger partial charge on any atom is -0.422 e. The van der Waals surface area contributed by atoms with E-state index in [1.165, 1.54) is 0 Å². The molecule has 7 heteroatoms. The SMILES string of the molecule is O=C(c1cc2cc(Cl)ccc2oc1=O)N1CC[C@@]2(CO)CCCN[C@@H]2C1. The highest BCUT2D eigenvalue weighted by Gasteiger charge is 2.45. The van der Waals surface area contributed by atoms with Crippen LogP contribution in [0.4, 0.5) is 0 Å². The molecule has 1 aromatic heterocycles.